The Bertz CT molecular complexity index is 3240. The largest absolute Gasteiger partial charge is 0.334 e. The second-order valence-corrected chi connectivity index (χ2v) is 16.2. The standard InChI is InChI=1S/C55H42N4/c1-37-22-35-55-49(36-37)48-16-6-11-21-54(48)59(55)43-33-27-40(28-34-43)56(38-23-29-41(30-24-38)57-50-17-7-2-12-44(50)45-13-3-8-18-51(45)57)39-25-31-42(32-26-39)58-52-19-9-4-14-46(52)47-15-5-10-20-53(47)58/h2-25,27-35,37,39H,26,36H2,1H3. The van der Waals surface area contributed by atoms with Crippen LogP contribution in [0.25, 0.3) is 77.7 Å². The number of aromatic nitrogens is 3. The summed E-state index contributed by atoms with van der Waals surface area (Å²) in [6.07, 6.45) is 13.8. The molecular formula is C55H42N4. The van der Waals surface area contributed by atoms with Crippen molar-refractivity contribution in [1.82, 2.24) is 13.7 Å². The quantitative estimate of drug-likeness (QED) is 0.165. The van der Waals surface area contributed by atoms with Gasteiger partial charge in [0.1, 0.15) is 0 Å². The van der Waals surface area contributed by atoms with Crippen LogP contribution in [-0.2, 0) is 6.42 Å². The van der Waals surface area contributed by atoms with Crippen LogP contribution in [0.4, 0.5) is 11.4 Å². The molecule has 0 N–H and O–H groups in total. The molecule has 2 aliphatic carbocycles. The van der Waals surface area contributed by atoms with E-state index in [1.807, 2.05) is 0 Å². The third kappa shape index (κ3) is 5.29. The maximum atomic E-state index is 2.51. The second kappa shape index (κ2) is 13.4. The smallest absolute Gasteiger partial charge is 0.0561 e. The Hall–Kier alpha value is -7.30. The van der Waals surface area contributed by atoms with Gasteiger partial charge < -0.3 is 18.6 Å². The summed E-state index contributed by atoms with van der Waals surface area (Å²) in [6, 6.07) is 62.4. The van der Waals surface area contributed by atoms with Gasteiger partial charge in [0.05, 0.1) is 33.6 Å². The van der Waals surface area contributed by atoms with Crippen molar-refractivity contribution >= 4 is 77.7 Å². The van der Waals surface area contributed by atoms with Gasteiger partial charge >= 0.3 is 0 Å². The van der Waals surface area contributed by atoms with Crippen LogP contribution in [0.15, 0.2) is 194 Å². The van der Waals surface area contributed by atoms with Crippen LogP contribution in [0.1, 0.15) is 24.6 Å². The number of hydrogen-bond acceptors (Lipinski definition) is 1. The monoisotopic (exact) mass is 758 g/mol. The van der Waals surface area contributed by atoms with E-state index in [0.29, 0.717) is 5.92 Å². The third-order valence-corrected chi connectivity index (χ3v) is 12.7. The van der Waals surface area contributed by atoms with Gasteiger partial charge in [-0.2, -0.15) is 0 Å². The zero-order valence-electron chi connectivity index (χ0n) is 32.9. The minimum atomic E-state index is 0.112. The van der Waals surface area contributed by atoms with Gasteiger partial charge in [-0.1, -0.05) is 116 Å². The van der Waals surface area contributed by atoms with Gasteiger partial charge in [-0.05, 0) is 115 Å². The molecule has 0 amide bonds. The Morgan fingerprint density at radius 1 is 0.441 bits per heavy atom. The summed E-state index contributed by atoms with van der Waals surface area (Å²) in [5.41, 5.74) is 14.8. The van der Waals surface area contributed by atoms with E-state index in [-0.39, 0.29) is 6.04 Å². The summed E-state index contributed by atoms with van der Waals surface area (Å²) >= 11 is 0. The highest BCUT2D eigenvalue weighted by Crippen LogP contribution is 2.40. The van der Waals surface area contributed by atoms with Crippen molar-refractivity contribution in [3.63, 3.8) is 0 Å². The molecule has 2 atom stereocenters. The first-order chi connectivity index (χ1) is 29.2. The minimum Gasteiger partial charge on any atom is -0.334 e. The Kier molecular flexibility index (Phi) is 7.67. The van der Waals surface area contributed by atoms with Crippen molar-refractivity contribution in [3.8, 4) is 11.4 Å². The Morgan fingerprint density at radius 3 is 1.37 bits per heavy atom. The molecule has 7 aromatic carbocycles. The summed E-state index contributed by atoms with van der Waals surface area (Å²) in [4.78, 5) is 2.51. The van der Waals surface area contributed by atoms with Gasteiger partial charge in [0, 0.05) is 61.1 Å². The summed E-state index contributed by atoms with van der Waals surface area (Å²) < 4.78 is 7.27. The summed E-state index contributed by atoms with van der Waals surface area (Å²) in [6.45, 7) is 2.31. The maximum Gasteiger partial charge on any atom is 0.0561 e. The highest BCUT2D eigenvalue weighted by molar-refractivity contribution is 6.11. The van der Waals surface area contributed by atoms with Crippen LogP contribution in [0.5, 0.6) is 0 Å². The fourth-order valence-electron chi connectivity index (χ4n) is 10.1. The molecule has 0 fully saturated rings. The highest BCUT2D eigenvalue weighted by atomic mass is 15.2. The second-order valence-electron chi connectivity index (χ2n) is 16.2. The fourth-order valence-corrected chi connectivity index (χ4v) is 10.1. The van der Waals surface area contributed by atoms with Crippen molar-refractivity contribution in [3.05, 3.63) is 205 Å². The molecule has 2 unspecified atom stereocenters. The molecule has 2 aliphatic rings. The molecule has 3 aromatic heterocycles. The van der Waals surface area contributed by atoms with Gasteiger partial charge in [-0.25, -0.2) is 0 Å². The predicted octanol–water partition coefficient (Wildman–Crippen LogP) is 14.0. The molecule has 0 saturated carbocycles. The summed E-state index contributed by atoms with van der Waals surface area (Å²) in [5, 5.41) is 6.46. The lowest BCUT2D eigenvalue weighted by molar-refractivity contribution is 0.717. The van der Waals surface area contributed by atoms with E-state index in [1.165, 1.54) is 77.2 Å². The van der Waals surface area contributed by atoms with E-state index in [0.717, 1.165) is 29.9 Å². The van der Waals surface area contributed by atoms with E-state index in [4.69, 9.17) is 0 Å². The normalized spacial score (nSPS) is 16.4. The van der Waals surface area contributed by atoms with E-state index in [1.54, 1.807) is 0 Å². The Morgan fingerprint density at radius 2 is 0.881 bits per heavy atom. The van der Waals surface area contributed by atoms with E-state index >= 15 is 0 Å². The van der Waals surface area contributed by atoms with Crippen molar-refractivity contribution in [2.75, 3.05) is 4.90 Å². The number of nitrogens with zero attached hydrogens (tertiary/aromatic N) is 4. The van der Waals surface area contributed by atoms with Gasteiger partial charge in [-0.15, -0.1) is 0 Å². The molecule has 59 heavy (non-hydrogen) atoms. The first-order valence-electron chi connectivity index (χ1n) is 20.9. The third-order valence-electron chi connectivity index (χ3n) is 12.7. The van der Waals surface area contributed by atoms with Gasteiger partial charge in [-0.3, -0.25) is 0 Å². The minimum absolute atomic E-state index is 0.112. The molecule has 0 aliphatic heterocycles. The number of anilines is 2. The molecule has 0 saturated heterocycles. The first kappa shape index (κ1) is 33.8. The van der Waals surface area contributed by atoms with Gasteiger partial charge in [0.25, 0.3) is 0 Å². The molecule has 12 rings (SSSR count). The molecule has 10 aromatic rings. The van der Waals surface area contributed by atoms with Gasteiger partial charge in [0.2, 0.25) is 0 Å². The number of allylic oxidation sites excluding steroid dienone is 3. The lowest BCUT2D eigenvalue weighted by atomic mass is 9.93. The topological polar surface area (TPSA) is 18.0 Å². The molecule has 282 valence electrons. The fraction of sp³-hybridized carbons (Fsp3) is 0.0909. The number of fused-ring (bicyclic) bond motifs is 9. The number of benzene rings is 7. The maximum absolute atomic E-state index is 2.51. The molecular weight excluding hydrogens is 717 g/mol. The number of para-hydroxylation sites is 5. The SMILES string of the molecule is CC1C=Cc2c(c3ccccc3n2-c2ccc(N(c3ccc(-n4c5ccccc5c5ccccc54)cc3)C3C=CC(n4c5ccccc5c5ccccc54)=CC3)cc2)C1. The zero-order valence-corrected chi connectivity index (χ0v) is 32.9. The molecule has 0 radical (unpaired) electrons. The van der Waals surface area contributed by atoms with Crippen molar-refractivity contribution in [1.29, 1.82) is 0 Å². The molecule has 0 bridgehead atoms. The van der Waals surface area contributed by atoms with E-state index in [9.17, 15) is 0 Å². The zero-order chi connectivity index (χ0) is 39.0. The molecule has 4 heteroatoms. The molecule has 4 nitrogen and oxygen atoms in total. The van der Waals surface area contributed by atoms with Crippen LogP contribution in [0.3, 0.4) is 0 Å². The van der Waals surface area contributed by atoms with Gasteiger partial charge in [0.15, 0.2) is 0 Å². The van der Waals surface area contributed by atoms with Crippen LogP contribution in [-0.4, -0.2) is 19.7 Å². The summed E-state index contributed by atoms with van der Waals surface area (Å²) in [7, 11) is 0. The number of rotatable bonds is 6. The highest BCUT2D eigenvalue weighted by Gasteiger charge is 2.24. The molecule has 0 spiro atoms. The number of hydrogen-bond donors (Lipinski definition) is 0. The van der Waals surface area contributed by atoms with Crippen molar-refractivity contribution in [2.24, 2.45) is 5.92 Å². The Labute approximate surface area is 343 Å². The average Bonchev–Trinajstić information content (AvgIpc) is 3.93. The van der Waals surface area contributed by atoms with Crippen molar-refractivity contribution < 1.29 is 0 Å². The Balaban J connectivity index is 0.959. The lowest BCUT2D eigenvalue weighted by Crippen LogP contribution is -2.30. The van der Waals surface area contributed by atoms with Crippen molar-refractivity contribution in [2.45, 2.75) is 25.8 Å². The first-order valence-corrected chi connectivity index (χ1v) is 20.9. The van der Waals surface area contributed by atoms with Crippen LogP contribution in [0.2, 0.25) is 0 Å². The van der Waals surface area contributed by atoms with Crippen LogP contribution in [0, 0.1) is 5.92 Å². The summed E-state index contributed by atoms with van der Waals surface area (Å²) in [5.74, 6) is 0.534. The average molecular weight is 759 g/mol. The van der Waals surface area contributed by atoms with Crippen LogP contribution < -0.4 is 4.90 Å². The predicted molar refractivity (Wildman–Crippen MR) is 249 cm³/mol. The van der Waals surface area contributed by atoms with E-state index < -0.39 is 0 Å². The lowest BCUT2D eigenvalue weighted by Gasteiger charge is -2.33. The van der Waals surface area contributed by atoms with Crippen LogP contribution >= 0.6 is 0 Å². The molecule has 3 heterocycles. The van der Waals surface area contributed by atoms with E-state index in [2.05, 4.69) is 226 Å².